The lowest BCUT2D eigenvalue weighted by molar-refractivity contribution is 0.128. The average molecular weight is 241 g/mol. The van der Waals surface area contributed by atoms with Crippen LogP contribution in [0.4, 0.5) is 0 Å². The number of nitrogens with one attached hydrogen (secondary N) is 1. The Morgan fingerprint density at radius 3 is 2.47 bits per heavy atom. The quantitative estimate of drug-likeness (QED) is 0.391. The Hall–Kier alpha value is -0.340. The van der Waals surface area contributed by atoms with Crippen LogP contribution in [-0.2, 0) is 4.74 Å². The summed E-state index contributed by atoms with van der Waals surface area (Å²) in [4.78, 5) is 0. The molecular weight excluding hydrogens is 210 g/mol. The monoisotopic (exact) mass is 241 g/mol. The first-order valence-electron chi connectivity index (χ1n) is 7.16. The van der Waals surface area contributed by atoms with Crippen molar-refractivity contribution in [2.75, 3.05) is 26.3 Å². The van der Waals surface area contributed by atoms with Gasteiger partial charge in [0.05, 0.1) is 0 Å². The molecule has 0 rings (SSSR count). The summed E-state index contributed by atoms with van der Waals surface area (Å²) in [6, 6.07) is 0. The van der Waals surface area contributed by atoms with Gasteiger partial charge in [-0.2, -0.15) is 0 Å². The zero-order valence-electron chi connectivity index (χ0n) is 11.8. The maximum absolute atomic E-state index is 5.53. The lowest BCUT2D eigenvalue weighted by Gasteiger charge is -2.07. The van der Waals surface area contributed by atoms with Crippen LogP contribution in [0.15, 0.2) is 12.7 Å². The number of ether oxygens (including phenoxy) is 1. The summed E-state index contributed by atoms with van der Waals surface area (Å²) in [6.07, 6.45) is 9.26. The van der Waals surface area contributed by atoms with Crippen molar-refractivity contribution in [3.8, 4) is 0 Å². The molecule has 1 N–H and O–H groups in total. The lowest BCUT2D eigenvalue weighted by Crippen LogP contribution is -2.20. The Morgan fingerprint density at radius 1 is 1.06 bits per heavy atom. The van der Waals surface area contributed by atoms with Crippen molar-refractivity contribution in [1.82, 2.24) is 5.32 Å². The van der Waals surface area contributed by atoms with Gasteiger partial charge in [-0.15, -0.1) is 6.58 Å². The number of allylic oxidation sites excluding steroid dienone is 1. The van der Waals surface area contributed by atoms with Crippen molar-refractivity contribution in [3.63, 3.8) is 0 Å². The minimum absolute atomic E-state index is 0.763. The van der Waals surface area contributed by atoms with Crippen molar-refractivity contribution in [3.05, 3.63) is 12.7 Å². The molecule has 0 atom stereocenters. The van der Waals surface area contributed by atoms with Gasteiger partial charge in [-0.1, -0.05) is 32.8 Å². The van der Waals surface area contributed by atoms with Gasteiger partial charge in [0.2, 0.25) is 0 Å². The third-order valence-electron chi connectivity index (χ3n) is 2.64. The summed E-state index contributed by atoms with van der Waals surface area (Å²) in [5.41, 5.74) is 0. The van der Waals surface area contributed by atoms with E-state index in [0.717, 1.165) is 38.5 Å². The highest BCUT2D eigenvalue weighted by molar-refractivity contribution is 4.64. The Morgan fingerprint density at radius 2 is 1.76 bits per heavy atom. The molecule has 17 heavy (non-hydrogen) atoms. The molecule has 0 aromatic carbocycles. The highest BCUT2D eigenvalue weighted by Gasteiger charge is 1.93. The molecule has 0 amide bonds. The highest BCUT2D eigenvalue weighted by Crippen LogP contribution is 2.00. The summed E-state index contributed by atoms with van der Waals surface area (Å²) < 4.78 is 5.53. The topological polar surface area (TPSA) is 21.3 Å². The third kappa shape index (κ3) is 15.7. The van der Waals surface area contributed by atoms with E-state index in [2.05, 4.69) is 25.7 Å². The standard InChI is InChI=1S/C15H31NO/c1-4-5-9-12-17-13-10-7-6-8-11-16-14-15(2)3/h4,15-16H,1,5-14H2,2-3H3. The van der Waals surface area contributed by atoms with Gasteiger partial charge in [-0.3, -0.25) is 0 Å². The van der Waals surface area contributed by atoms with Crippen LogP contribution in [0.1, 0.15) is 52.4 Å². The van der Waals surface area contributed by atoms with E-state index in [9.17, 15) is 0 Å². The molecule has 0 saturated heterocycles. The Kier molecular flexibility index (Phi) is 13.4. The molecule has 0 spiro atoms. The second-order valence-corrected chi connectivity index (χ2v) is 5.06. The summed E-state index contributed by atoms with van der Waals surface area (Å²) >= 11 is 0. The number of hydrogen-bond acceptors (Lipinski definition) is 2. The van der Waals surface area contributed by atoms with E-state index in [-0.39, 0.29) is 0 Å². The molecule has 0 aliphatic carbocycles. The Balaban J connectivity index is 2.91. The second-order valence-electron chi connectivity index (χ2n) is 5.06. The van der Waals surface area contributed by atoms with E-state index in [4.69, 9.17) is 4.74 Å². The largest absolute Gasteiger partial charge is 0.381 e. The Bertz CT molecular complexity index is 157. The average Bonchev–Trinajstić information content (AvgIpc) is 2.30. The summed E-state index contributed by atoms with van der Waals surface area (Å²) in [5, 5.41) is 3.47. The predicted octanol–water partition coefficient (Wildman–Crippen LogP) is 3.78. The van der Waals surface area contributed by atoms with Crippen molar-refractivity contribution < 1.29 is 4.74 Å². The Labute approximate surface area is 108 Å². The van der Waals surface area contributed by atoms with Crippen molar-refractivity contribution >= 4 is 0 Å². The summed E-state index contributed by atoms with van der Waals surface area (Å²) in [5.74, 6) is 0.763. The molecule has 0 radical (unpaired) electrons. The van der Waals surface area contributed by atoms with Crippen molar-refractivity contribution in [2.45, 2.75) is 52.4 Å². The summed E-state index contributed by atoms with van der Waals surface area (Å²) in [7, 11) is 0. The van der Waals surface area contributed by atoms with E-state index in [1.807, 2.05) is 6.08 Å². The molecule has 2 nitrogen and oxygen atoms in total. The first kappa shape index (κ1) is 16.7. The fraction of sp³-hybridized carbons (Fsp3) is 0.867. The molecule has 0 bridgehead atoms. The predicted molar refractivity (Wildman–Crippen MR) is 76.4 cm³/mol. The first-order valence-corrected chi connectivity index (χ1v) is 7.16. The van der Waals surface area contributed by atoms with Gasteiger partial charge in [0, 0.05) is 13.2 Å². The third-order valence-corrected chi connectivity index (χ3v) is 2.64. The fourth-order valence-electron chi connectivity index (χ4n) is 1.63. The molecule has 2 heteroatoms. The van der Waals surface area contributed by atoms with Gasteiger partial charge in [-0.05, 0) is 44.7 Å². The van der Waals surface area contributed by atoms with Crippen molar-refractivity contribution in [1.29, 1.82) is 0 Å². The van der Waals surface area contributed by atoms with Gasteiger partial charge in [0.25, 0.3) is 0 Å². The van der Waals surface area contributed by atoms with Gasteiger partial charge in [0.1, 0.15) is 0 Å². The molecule has 0 aliphatic rings. The van der Waals surface area contributed by atoms with Gasteiger partial charge in [-0.25, -0.2) is 0 Å². The van der Waals surface area contributed by atoms with Gasteiger partial charge >= 0.3 is 0 Å². The number of rotatable bonds is 13. The number of unbranched alkanes of at least 4 members (excludes halogenated alkanes) is 4. The van der Waals surface area contributed by atoms with Crippen LogP contribution in [0.2, 0.25) is 0 Å². The highest BCUT2D eigenvalue weighted by atomic mass is 16.5. The smallest absolute Gasteiger partial charge is 0.0468 e. The van der Waals surface area contributed by atoms with Crippen LogP contribution in [0, 0.1) is 5.92 Å². The SMILES string of the molecule is C=CCCCOCCCCCCNCC(C)C. The molecule has 0 aromatic rings. The van der Waals surface area contributed by atoms with Crippen LogP contribution in [0.3, 0.4) is 0 Å². The van der Waals surface area contributed by atoms with Crippen molar-refractivity contribution in [2.24, 2.45) is 5.92 Å². The molecule has 0 aromatic heterocycles. The van der Waals surface area contributed by atoms with Crippen LogP contribution in [0.5, 0.6) is 0 Å². The molecule has 0 heterocycles. The fourth-order valence-corrected chi connectivity index (χ4v) is 1.63. The molecular formula is C15H31NO. The lowest BCUT2D eigenvalue weighted by atomic mass is 10.2. The van der Waals surface area contributed by atoms with E-state index < -0.39 is 0 Å². The van der Waals surface area contributed by atoms with E-state index in [1.54, 1.807) is 0 Å². The van der Waals surface area contributed by atoms with Gasteiger partial charge < -0.3 is 10.1 Å². The molecule has 0 aliphatic heterocycles. The van der Waals surface area contributed by atoms with Crippen LogP contribution >= 0.6 is 0 Å². The minimum atomic E-state index is 0.763. The first-order chi connectivity index (χ1) is 8.27. The minimum Gasteiger partial charge on any atom is -0.381 e. The van der Waals surface area contributed by atoms with E-state index in [1.165, 1.54) is 32.2 Å². The maximum Gasteiger partial charge on any atom is 0.0468 e. The van der Waals surface area contributed by atoms with Crippen LogP contribution in [-0.4, -0.2) is 26.3 Å². The molecule has 0 unspecified atom stereocenters. The molecule has 102 valence electrons. The van der Waals surface area contributed by atoms with Gasteiger partial charge in [0.15, 0.2) is 0 Å². The zero-order chi connectivity index (χ0) is 12.8. The van der Waals surface area contributed by atoms with Crippen LogP contribution in [0.25, 0.3) is 0 Å². The second kappa shape index (κ2) is 13.7. The van der Waals surface area contributed by atoms with E-state index >= 15 is 0 Å². The van der Waals surface area contributed by atoms with Crippen LogP contribution < -0.4 is 5.32 Å². The maximum atomic E-state index is 5.53. The molecule has 0 saturated carbocycles. The number of hydrogen-bond donors (Lipinski definition) is 1. The summed E-state index contributed by atoms with van der Waals surface area (Å²) in [6.45, 7) is 12.3. The molecule has 0 fully saturated rings. The van der Waals surface area contributed by atoms with E-state index in [0.29, 0.717) is 0 Å². The zero-order valence-corrected chi connectivity index (χ0v) is 11.8. The normalized spacial score (nSPS) is 11.0.